The van der Waals surface area contributed by atoms with Gasteiger partial charge in [0, 0.05) is 38.6 Å². The third-order valence-electron chi connectivity index (χ3n) is 10.7. The van der Waals surface area contributed by atoms with Gasteiger partial charge in [0.25, 0.3) is 0 Å². The molecule has 248 valence electrons. The van der Waals surface area contributed by atoms with E-state index in [1.807, 2.05) is 0 Å². The fraction of sp³-hybridized carbons (Fsp3) is 0. The van der Waals surface area contributed by atoms with Crippen LogP contribution < -0.4 is 4.90 Å². The second-order valence-electron chi connectivity index (χ2n) is 13.7. The normalized spacial score (nSPS) is 11.8. The van der Waals surface area contributed by atoms with Crippen LogP contribution in [0.4, 0.5) is 17.1 Å². The Morgan fingerprint density at radius 3 is 1.92 bits per heavy atom. The van der Waals surface area contributed by atoms with E-state index in [1.165, 1.54) is 49.0 Å². The molecule has 0 bridgehead atoms. The molecule has 0 N–H and O–H groups in total. The summed E-state index contributed by atoms with van der Waals surface area (Å²) < 4.78 is 8.86. The summed E-state index contributed by atoms with van der Waals surface area (Å²) in [4.78, 5) is 2.43. The highest BCUT2D eigenvalue weighted by molar-refractivity contribution is 6.20. The second-order valence-corrected chi connectivity index (χ2v) is 13.7. The lowest BCUT2D eigenvalue weighted by Crippen LogP contribution is -2.10. The molecule has 2 heterocycles. The summed E-state index contributed by atoms with van der Waals surface area (Å²) in [5.41, 5.74) is 11.0. The van der Waals surface area contributed by atoms with Gasteiger partial charge in [0.1, 0.15) is 11.2 Å². The largest absolute Gasteiger partial charge is 0.456 e. The van der Waals surface area contributed by atoms with Crippen LogP contribution in [0.5, 0.6) is 0 Å². The number of fused-ring (bicyclic) bond motifs is 9. The molecular formula is C50H32N2O. The van der Waals surface area contributed by atoms with Crippen molar-refractivity contribution in [3.05, 3.63) is 194 Å². The number of furan rings is 1. The van der Waals surface area contributed by atoms with Crippen LogP contribution >= 0.6 is 0 Å². The summed E-state index contributed by atoms with van der Waals surface area (Å²) >= 11 is 0. The minimum Gasteiger partial charge on any atom is -0.456 e. The zero-order valence-electron chi connectivity index (χ0n) is 28.8. The molecule has 0 aliphatic heterocycles. The molecule has 0 saturated carbocycles. The van der Waals surface area contributed by atoms with Crippen LogP contribution in [-0.4, -0.2) is 4.57 Å². The Morgan fingerprint density at radius 2 is 1.04 bits per heavy atom. The first kappa shape index (κ1) is 29.6. The Hall–Kier alpha value is -7.10. The van der Waals surface area contributed by atoms with Crippen LogP contribution in [0.1, 0.15) is 0 Å². The van der Waals surface area contributed by atoms with Crippen molar-refractivity contribution in [1.29, 1.82) is 0 Å². The number of hydrogen-bond donors (Lipinski definition) is 0. The topological polar surface area (TPSA) is 21.3 Å². The van der Waals surface area contributed by atoms with E-state index in [2.05, 4.69) is 204 Å². The quantitative estimate of drug-likeness (QED) is 0.181. The lowest BCUT2D eigenvalue weighted by molar-refractivity contribution is 0.669. The van der Waals surface area contributed by atoms with E-state index < -0.39 is 0 Å². The molecule has 3 heteroatoms. The molecule has 0 unspecified atom stereocenters. The van der Waals surface area contributed by atoms with Crippen LogP contribution in [0.2, 0.25) is 0 Å². The fourth-order valence-electron chi connectivity index (χ4n) is 8.33. The predicted molar refractivity (Wildman–Crippen MR) is 223 cm³/mol. The first-order valence-electron chi connectivity index (χ1n) is 18.1. The van der Waals surface area contributed by atoms with Crippen molar-refractivity contribution in [1.82, 2.24) is 4.57 Å². The highest BCUT2D eigenvalue weighted by atomic mass is 16.3. The first-order valence-corrected chi connectivity index (χ1v) is 18.1. The van der Waals surface area contributed by atoms with Crippen molar-refractivity contribution in [3.8, 4) is 16.8 Å². The van der Waals surface area contributed by atoms with Crippen molar-refractivity contribution >= 4 is 82.4 Å². The highest BCUT2D eigenvalue weighted by Crippen LogP contribution is 2.46. The molecule has 0 amide bonds. The molecule has 0 spiro atoms. The second kappa shape index (κ2) is 11.7. The summed E-state index contributed by atoms with van der Waals surface area (Å²) in [6.07, 6.45) is 0. The number of anilines is 3. The third-order valence-corrected chi connectivity index (χ3v) is 10.7. The van der Waals surface area contributed by atoms with Crippen LogP contribution in [0.25, 0.3) is 82.1 Å². The standard InChI is InChI=1S/C50H32N2O/c1-3-12-33(13-4-1)35-22-23-37-31-39(26-24-36(37)30-35)51(40-27-29-47-43(32-40)49-41-17-8-7-14-34(41)25-28-48(49)53-47)45-20-11-21-46-50(45)42-18-9-10-19-44(42)52(46)38-15-5-2-6-16-38/h1-32H. The van der Waals surface area contributed by atoms with E-state index in [0.717, 1.165) is 50.2 Å². The summed E-state index contributed by atoms with van der Waals surface area (Å²) in [5, 5.41) is 9.45. The van der Waals surface area contributed by atoms with Crippen molar-refractivity contribution in [3.63, 3.8) is 0 Å². The summed E-state index contributed by atoms with van der Waals surface area (Å²) in [6.45, 7) is 0. The van der Waals surface area contributed by atoms with Crippen LogP contribution in [0.3, 0.4) is 0 Å². The van der Waals surface area contributed by atoms with Gasteiger partial charge in [0.05, 0.1) is 16.7 Å². The maximum Gasteiger partial charge on any atom is 0.136 e. The van der Waals surface area contributed by atoms with Gasteiger partial charge in [-0.05, 0) is 105 Å². The van der Waals surface area contributed by atoms with Gasteiger partial charge >= 0.3 is 0 Å². The van der Waals surface area contributed by atoms with Gasteiger partial charge < -0.3 is 13.9 Å². The molecule has 11 aromatic rings. The number of rotatable bonds is 5. The van der Waals surface area contributed by atoms with Gasteiger partial charge in [0.15, 0.2) is 0 Å². The van der Waals surface area contributed by atoms with E-state index >= 15 is 0 Å². The SMILES string of the molecule is c1ccc(-c2ccc3cc(N(c4ccc5oc6ccc7ccccc7c6c5c4)c4cccc5c4c4ccccc4n5-c4ccccc4)ccc3c2)cc1. The first-order chi connectivity index (χ1) is 26.3. The van der Waals surface area contributed by atoms with E-state index in [4.69, 9.17) is 4.42 Å². The average Bonchev–Trinajstić information content (AvgIpc) is 3.78. The molecule has 0 atom stereocenters. The van der Waals surface area contributed by atoms with Gasteiger partial charge in [-0.25, -0.2) is 0 Å². The predicted octanol–water partition coefficient (Wildman–Crippen LogP) is 14.1. The van der Waals surface area contributed by atoms with E-state index in [0.29, 0.717) is 0 Å². The fourth-order valence-corrected chi connectivity index (χ4v) is 8.33. The highest BCUT2D eigenvalue weighted by Gasteiger charge is 2.22. The molecule has 53 heavy (non-hydrogen) atoms. The van der Waals surface area contributed by atoms with Crippen molar-refractivity contribution in [2.75, 3.05) is 4.90 Å². The van der Waals surface area contributed by atoms with Crippen LogP contribution in [-0.2, 0) is 0 Å². The minimum atomic E-state index is 0.880. The molecule has 9 aromatic carbocycles. The van der Waals surface area contributed by atoms with Crippen molar-refractivity contribution in [2.45, 2.75) is 0 Å². The summed E-state index contributed by atoms with van der Waals surface area (Å²) in [7, 11) is 0. The van der Waals surface area contributed by atoms with Crippen LogP contribution in [0, 0.1) is 0 Å². The molecule has 0 aliphatic rings. The third kappa shape index (κ3) is 4.68. The summed E-state index contributed by atoms with van der Waals surface area (Å²) in [5.74, 6) is 0. The van der Waals surface area contributed by atoms with Gasteiger partial charge in [-0.3, -0.25) is 0 Å². The molecule has 11 rings (SSSR count). The molecule has 0 radical (unpaired) electrons. The van der Waals surface area contributed by atoms with E-state index in [9.17, 15) is 0 Å². The molecule has 2 aromatic heterocycles. The van der Waals surface area contributed by atoms with E-state index in [1.54, 1.807) is 0 Å². The maximum atomic E-state index is 6.47. The van der Waals surface area contributed by atoms with Crippen LogP contribution in [0.15, 0.2) is 199 Å². The van der Waals surface area contributed by atoms with Crippen molar-refractivity contribution in [2.24, 2.45) is 0 Å². The lowest BCUT2D eigenvalue weighted by Gasteiger charge is -2.27. The smallest absolute Gasteiger partial charge is 0.136 e. The Bertz CT molecular complexity index is 3170. The Balaban J connectivity index is 1.19. The van der Waals surface area contributed by atoms with Gasteiger partial charge in [-0.1, -0.05) is 121 Å². The average molecular weight is 677 g/mol. The number of nitrogens with zero attached hydrogens (tertiary/aromatic N) is 2. The van der Waals surface area contributed by atoms with Gasteiger partial charge in [-0.2, -0.15) is 0 Å². The number of para-hydroxylation sites is 2. The minimum absolute atomic E-state index is 0.880. The Morgan fingerprint density at radius 1 is 0.377 bits per heavy atom. The molecule has 0 saturated heterocycles. The Labute approximate surface area is 306 Å². The lowest BCUT2D eigenvalue weighted by atomic mass is 10.00. The Kier molecular flexibility index (Phi) is 6.55. The molecular weight excluding hydrogens is 645 g/mol. The number of benzene rings is 9. The molecule has 0 fully saturated rings. The van der Waals surface area contributed by atoms with Gasteiger partial charge in [0.2, 0.25) is 0 Å². The molecule has 0 aliphatic carbocycles. The zero-order valence-corrected chi connectivity index (χ0v) is 28.8. The summed E-state index contributed by atoms with van der Waals surface area (Å²) in [6, 6.07) is 69.8. The maximum absolute atomic E-state index is 6.47. The number of hydrogen-bond acceptors (Lipinski definition) is 2. The zero-order chi connectivity index (χ0) is 34.9. The van der Waals surface area contributed by atoms with E-state index in [-0.39, 0.29) is 0 Å². The van der Waals surface area contributed by atoms with Crippen molar-refractivity contribution < 1.29 is 4.42 Å². The van der Waals surface area contributed by atoms with Gasteiger partial charge in [-0.15, -0.1) is 0 Å². The molecule has 3 nitrogen and oxygen atoms in total. The number of aromatic nitrogens is 1. The monoisotopic (exact) mass is 676 g/mol.